The summed E-state index contributed by atoms with van der Waals surface area (Å²) < 4.78 is 5.80. The van der Waals surface area contributed by atoms with Crippen molar-refractivity contribution in [3.8, 4) is 0 Å². The van der Waals surface area contributed by atoms with Crippen LogP contribution < -0.4 is 0 Å². The number of rotatable bonds is 2. The van der Waals surface area contributed by atoms with Gasteiger partial charge in [-0.2, -0.15) is 0 Å². The van der Waals surface area contributed by atoms with Crippen molar-refractivity contribution in [1.29, 1.82) is 0 Å². The average molecular weight is 176 g/mol. The fraction of sp³-hybridized carbons (Fsp3) is 0.500. The summed E-state index contributed by atoms with van der Waals surface area (Å²) in [6.07, 6.45) is 15.7. The van der Waals surface area contributed by atoms with Crippen molar-refractivity contribution in [3.63, 3.8) is 0 Å². The molecule has 0 N–H and O–H groups in total. The number of hydrogen-bond acceptors (Lipinski definition) is 1. The van der Waals surface area contributed by atoms with Gasteiger partial charge in [-0.05, 0) is 37.8 Å². The minimum atomic E-state index is 0.970. The summed E-state index contributed by atoms with van der Waals surface area (Å²) in [5.41, 5.74) is 0. The SMILES string of the molecule is C1=CCC(OC2=CCCCC2)=CC1. The fourth-order valence-electron chi connectivity index (χ4n) is 1.73. The predicted molar refractivity (Wildman–Crippen MR) is 54.1 cm³/mol. The van der Waals surface area contributed by atoms with Crippen molar-refractivity contribution in [1.82, 2.24) is 0 Å². The van der Waals surface area contributed by atoms with Crippen LogP contribution >= 0.6 is 0 Å². The van der Waals surface area contributed by atoms with Crippen molar-refractivity contribution in [2.45, 2.75) is 38.5 Å². The van der Waals surface area contributed by atoms with Gasteiger partial charge in [-0.1, -0.05) is 12.2 Å². The van der Waals surface area contributed by atoms with E-state index < -0.39 is 0 Å². The Morgan fingerprint density at radius 2 is 2.00 bits per heavy atom. The van der Waals surface area contributed by atoms with Crippen molar-refractivity contribution >= 4 is 0 Å². The van der Waals surface area contributed by atoms with E-state index in [9.17, 15) is 0 Å². The molecular formula is C12H16O. The first-order valence-electron chi connectivity index (χ1n) is 5.16. The van der Waals surface area contributed by atoms with E-state index in [0.717, 1.165) is 25.0 Å². The van der Waals surface area contributed by atoms with Gasteiger partial charge in [0.1, 0.15) is 5.76 Å². The lowest BCUT2D eigenvalue weighted by molar-refractivity contribution is 0.271. The Labute approximate surface area is 79.8 Å². The summed E-state index contributed by atoms with van der Waals surface area (Å²) in [5, 5.41) is 0. The van der Waals surface area contributed by atoms with Gasteiger partial charge in [0, 0.05) is 12.8 Å². The highest BCUT2D eigenvalue weighted by atomic mass is 16.5. The highest BCUT2D eigenvalue weighted by Crippen LogP contribution is 2.23. The maximum absolute atomic E-state index is 5.80. The molecule has 2 aliphatic carbocycles. The number of ether oxygens (including phenoxy) is 1. The molecule has 0 saturated heterocycles. The monoisotopic (exact) mass is 176 g/mol. The lowest BCUT2D eigenvalue weighted by Gasteiger charge is -2.16. The summed E-state index contributed by atoms with van der Waals surface area (Å²) in [6.45, 7) is 0. The summed E-state index contributed by atoms with van der Waals surface area (Å²) >= 11 is 0. The van der Waals surface area contributed by atoms with E-state index in [1.807, 2.05) is 0 Å². The van der Waals surface area contributed by atoms with Gasteiger partial charge in [0.05, 0.1) is 5.76 Å². The molecule has 0 aromatic carbocycles. The van der Waals surface area contributed by atoms with Crippen molar-refractivity contribution in [3.05, 3.63) is 35.8 Å². The fourth-order valence-corrected chi connectivity index (χ4v) is 1.73. The third kappa shape index (κ3) is 2.48. The molecule has 0 aromatic rings. The standard InChI is InChI=1S/C12H16O/c1-3-7-11(8-4-1)13-12-9-5-2-6-10-12/h1,3,8-9H,2,4-7,10H2. The second kappa shape index (κ2) is 4.31. The van der Waals surface area contributed by atoms with Gasteiger partial charge in [-0.15, -0.1) is 0 Å². The Hall–Kier alpha value is -0.980. The van der Waals surface area contributed by atoms with Crippen LogP contribution in [-0.4, -0.2) is 0 Å². The molecular weight excluding hydrogens is 160 g/mol. The van der Waals surface area contributed by atoms with Gasteiger partial charge in [-0.25, -0.2) is 0 Å². The Balaban J connectivity index is 1.89. The first-order valence-corrected chi connectivity index (χ1v) is 5.16. The smallest absolute Gasteiger partial charge is 0.104 e. The molecule has 1 heteroatoms. The van der Waals surface area contributed by atoms with E-state index in [1.165, 1.54) is 25.0 Å². The zero-order valence-corrected chi connectivity index (χ0v) is 7.96. The zero-order chi connectivity index (χ0) is 8.93. The molecule has 0 atom stereocenters. The molecule has 2 rings (SSSR count). The first-order chi connectivity index (χ1) is 6.45. The van der Waals surface area contributed by atoms with Crippen LogP contribution in [0.5, 0.6) is 0 Å². The van der Waals surface area contributed by atoms with Crippen LogP contribution in [0.2, 0.25) is 0 Å². The Kier molecular flexibility index (Phi) is 2.86. The van der Waals surface area contributed by atoms with Crippen LogP contribution in [0.3, 0.4) is 0 Å². The summed E-state index contributed by atoms with van der Waals surface area (Å²) in [4.78, 5) is 0. The van der Waals surface area contributed by atoms with E-state index in [4.69, 9.17) is 4.74 Å². The summed E-state index contributed by atoms with van der Waals surface area (Å²) in [6, 6.07) is 0. The molecule has 0 aromatic heterocycles. The first kappa shape index (κ1) is 8.61. The van der Waals surface area contributed by atoms with E-state index in [-0.39, 0.29) is 0 Å². The maximum Gasteiger partial charge on any atom is 0.104 e. The third-order valence-electron chi connectivity index (χ3n) is 2.48. The minimum absolute atomic E-state index is 0.970. The molecule has 0 bridgehead atoms. The molecule has 70 valence electrons. The molecule has 0 unspecified atom stereocenters. The lowest BCUT2D eigenvalue weighted by atomic mass is 10.1. The highest BCUT2D eigenvalue weighted by Gasteiger charge is 2.07. The normalized spacial score (nSPS) is 22.2. The number of hydrogen-bond donors (Lipinski definition) is 0. The second-order valence-electron chi connectivity index (χ2n) is 3.60. The van der Waals surface area contributed by atoms with Crippen LogP contribution in [0, 0.1) is 0 Å². The van der Waals surface area contributed by atoms with E-state index in [2.05, 4.69) is 24.3 Å². The minimum Gasteiger partial charge on any atom is -0.466 e. The van der Waals surface area contributed by atoms with E-state index in [0.29, 0.717) is 0 Å². The van der Waals surface area contributed by atoms with Crippen molar-refractivity contribution in [2.75, 3.05) is 0 Å². The molecule has 0 aliphatic heterocycles. The van der Waals surface area contributed by atoms with Crippen molar-refractivity contribution in [2.24, 2.45) is 0 Å². The van der Waals surface area contributed by atoms with Crippen molar-refractivity contribution < 1.29 is 4.74 Å². The molecule has 0 fully saturated rings. The van der Waals surface area contributed by atoms with Gasteiger partial charge in [0.15, 0.2) is 0 Å². The van der Waals surface area contributed by atoms with E-state index in [1.54, 1.807) is 0 Å². The molecule has 0 amide bonds. The van der Waals surface area contributed by atoms with Crippen LogP contribution in [0.25, 0.3) is 0 Å². The largest absolute Gasteiger partial charge is 0.466 e. The quantitative estimate of drug-likeness (QED) is 0.583. The van der Waals surface area contributed by atoms with Gasteiger partial charge in [-0.3, -0.25) is 0 Å². The average Bonchev–Trinajstić information content (AvgIpc) is 2.21. The highest BCUT2D eigenvalue weighted by molar-refractivity contribution is 5.12. The Bertz CT molecular complexity index is 252. The van der Waals surface area contributed by atoms with Crippen LogP contribution in [0.4, 0.5) is 0 Å². The number of allylic oxidation sites excluding steroid dienone is 5. The third-order valence-corrected chi connectivity index (χ3v) is 2.48. The molecule has 13 heavy (non-hydrogen) atoms. The molecule has 2 aliphatic rings. The Morgan fingerprint density at radius 1 is 1.00 bits per heavy atom. The molecule has 0 heterocycles. The lowest BCUT2D eigenvalue weighted by Crippen LogP contribution is -1.98. The van der Waals surface area contributed by atoms with Gasteiger partial charge in [0.2, 0.25) is 0 Å². The molecule has 0 saturated carbocycles. The zero-order valence-electron chi connectivity index (χ0n) is 7.96. The second-order valence-corrected chi connectivity index (χ2v) is 3.60. The Morgan fingerprint density at radius 3 is 2.69 bits per heavy atom. The summed E-state index contributed by atoms with van der Waals surface area (Å²) in [5.74, 6) is 2.32. The topological polar surface area (TPSA) is 9.23 Å². The molecule has 1 nitrogen and oxygen atoms in total. The molecule has 0 radical (unpaired) electrons. The van der Waals surface area contributed by atoms with Crippen LogP contribution in [0.1, 0.15) is 38.5 Å². The predicted octanol–water partition coefficient (Wildman–Crippen LogP) is 3.69. The van der Waals surface area contributed by atoms with Gasteiger partial charge >= 0.3 is 0 Å². The van der Waals surface area contributed by atoms with Gasteiger partial charge < -0.3 is 4.74 Å². The van der Waals surface area contributed by atoms with Crippen LogP contribution in [0.15, 0.2) is 35.8 Å². The van der Waals surface area contributed by atoms with Crippen LogP contribution in [-0.2, 0) is 4.74 Å². The van der Waals surface area contributed by atoms with Gasteiger partial charge in [0.25, 0.3) is 0 Å². The molecule has 0 spiro atoms. The van der Waals surface area contributed by atoms with E-state index >= 15 is 0 Å². The summed E-state index contributed by atoms with van der Waals surface area (Å²) in [7, 11) is 0. The maximum atomic E-state index is 5.80.